The Morgan fingerprint density at radius 2 is 2.04 bits per heavy atom. The third kappa shape index (κ3) is 4.30. The van der Waals surface area contributed by atoms with E-state index < -0.39 is 5.56 Å². The van der Waals surface area contributed by atoms with Crippen LogP contribution in [0.3, 0.4) is 0 Å². The third-order valence-corrected chi connectivity index (χ3v) is 4.25. The number of anilines is 1. The minimum atomic E-state index is -0.442. The lowest BCUT2D eigenvalue weighted by Crippen LogP contribution is -2.25. The first-order valence-electron chi connectivity index (χ1n) is 7.50. The summed E-state index contributed by atoms with van der Waals surface area (Å²) in [7, 11) is 0. The van der Waals surface area contributed by atoms with Crippen LogP contribution in [0, 0.1) is 0 Å². The molecule has 0 fully saturated rings. The van der Waals surface area contributed by atoms with E-state index in [-0.39, 0.29) is 17.5 Å². The molecule has 0 radical (unpaired) electrons. The van der Waals surface area contributed by atoms with Gasteiger partial charge in [0.15, 0.2) is 5.16 Å². The monoisotopic (exact) mass is 356 g/mol. The van der Waals surface area contributed by atoms with Crippen molar-refractivity contribution in [1.29, 1.82) is 0 Å². The maximum atomic E-state index is 12.0. The van der Waals surface area contributed by atoms with Gasteiger partial charge in [-0.15, -0.1) is 0 Å². The lowest BCUT2D eigenvalue weighted by Gasteiger charge is -2.14. The van der Waals surface area contributed by atoms with Crippen LogP contribution in [0.15, 0.2) is 69.2 Å². The van der Waals surface area contributed by atoms with Crippen LogP contribution in [0.2, 0.25) is 0 Å². The Bertz CT molecular complexity index is 907. The van der Waals surface area contributed by atoms with Crippen molar-refractivity contribution in [3.8, 4) is 5.69 Å². The van der Waals surface area contributed by atoms with Crippen LogP contribution >= 0.6 is 11.8 Å². The number of hydrogen-bond acceptors (Lipinski definition) is 6. The molecular formula is C17H16N4O3S. The molecule has 2 heterocycles. The van der Waals surface area contributed by atoms with Gasteiger partial charge in [-0.1, -0.05) is 30.0 Å². The molecule has 0 bridgehead atoms. The van der Waals surface area contributed by atoms with Gasteiger partial charge in [0.25, 0.3) is 5.56 Å². The number of nitrogens with zero attached hydrogens (tertiary/aromatic N) is 2. The van der Waals surface area contributed by atoms with Gasteiger partial charge >= 0.3 is 0 Å². The van der Waals surface area contributed by atoms with E-state index >= 15 is 0 Å². The fraction of sp³-hybridized carbons (Fsp3) is 0.118. The number of furan rings is 1. The van der Waals surface area contributed by atoms with Crippen molar-refractivity contribution >= 4 is 23.5 Å². The average molecular weight is 356 g/mol. The molecule has 0 saturated carbocycles. The van der Waals surface area contributed by atoms with Gasteiger partial charge < -0.3 is 15.5 Å². The van der Waals surface area contributed by atoms with Crippen molar-refractivity contribution in [3.63, 3.8) is 0 Å². The predicted molar refractivity (Wildman–Crippen MR) is 95.5 cm³/mol. The second kappa shape index (κ2) is 7.71. The number of thioether (sulfide) groups is 1. The molecule has 0 aliphatic carbocycles. The topological polar surface area (TPSA) is 103 Å². The number of benzene rings is 1. The molecule has 0 spiro atoms. The van der Waals surface area contributed by atoms with E-state index in [9.17, 15) is 9.59 Å². The molecule has 0 aliphatic heterocycles. The largest absolute Gasteiger partial charge is 0.467 e. The molecule has 0 unspecified atom stereocenters. The Morgan fingerprint density at radius 3 is 2.76 bits per heavy atom. The highest BCUT2D eigenvalue weighted by atomic mass is 32.2. The van der Waals surface area contributed by atoms with Crippen LogP contribution < -0.4 is 16.6 Å². The number of para-hydroxylation sites is 1. The number of nitrogens with one attached hydrogen (secondary N) is 1. The Hall–Kier alpha value is -3.00. The highest BCUT2D eigenvalue weighted by Gasteiger charge is 2.12. The zero-order valence-corrected chi connectivity index (χ0v) is 14.0. The maximum absolute atomic E-state index is 12.0. The van der Waals surface area contributed by atoms with Crippen LogP contribution in [0.25, 0.3) is 5.69 Å². The first kappa shape index (κ1) is 16.8. The van der Waals surface area contributed by atoms with Crippen molar-refractivity contribution < 1.29 is 9.21 Å². The SMILES string of the molecule is Nc1cc(=O)nc(SCC(=O)NCc2ccco2)n1-c1ccccc1. The Kier molecular flexibility index (Phi) is 5.20. The molecule has 7 nitrogen and oxygen atoms in total. The van der Waals surface area contributed by atoms with Crippen molar-refractivity contribution in [1.82, 2.24) is 14.9 Å². The summed E-state index contributed by atoms with van der Waals surface area (Å²) in [5.41, 5.74) is 6.31. The van der Waals surface area contributed by atoms with Gasteiger partial charge in [0.2, 0.25) is 5.91 Å². The summed E-state index contributed by atoms with van der Waals surface area (Å²) in [6, 6.07) is 14.1. The molecule has 2 aromatic heterocycles. The Morgan fingerprint density at radius 1 is 1.24 bits per heavy atom. The molecule has 25 heavy (non-hydrogen) atoms. The number of carbonyl (C=O) groups excluding carboxylic acids is 1. The summed E-state index contributed by atoms with van der Waals surface area (Å²) in [5.74, 6) is 0.840. The minimum Gasteiger partial charge on any atom is -0.467 e. The number of rotatable bonds is 6. The van der Waals surface area contributed by atoms with Gasteiger partial charge in [-0.3, -0.25) is 14.2 Å². The van der Waals surface area contributed by atoms with Crippen molar-refractivity contribution in [2.75, 3.05) is 11.5 Å². The molecule has 0 atom stereocenters. The quantitative estimate of drug-likeness (QED) is 0.516. The van der Waals surface area contributed by atoms with Crippen LogP contribution in [-0.2, 0) is 11.3 Å². The van der Waals surface area contributed by atoms with E-state index in [2.05, 4.69) is 10.3 Å². The average Bonchev–Trinajstić information content (AvgIpc) is 3.12. The number of carbonyl (C=O) groups is 1. The second-order valence-electron chi connectivity index (χ2n) is 5.12. The molecule has 3 aromatic rings. The van der Waals surface area contributed by atoms with Gasteiger partial charge in [-0.05, 0) is 24.3 Å². The van der Waals surface area contributed by atoms with E-state index in [0.717, 1.165) is 17.4 Å². The third-order valence-electron chi connectivity index (χ3n) is 3.31. The highest BCUT2D eigenvalue weighted by Crippen LogP contribution is 2.22. The Balaban J connectivity index is 1.73. The van der Waals surface area contributed by atoms with E-state index in [0.29, 0.717) is 17.5 Å². The summed E-state index contributed by atoms with van der Waals surface area (Å²) in [6.07, 6.45) is 1.55. The van der Waals surface area contributed by atoms with E-state index in [1.165, 1.54) is 6.07 Å². The lowest BCUT2D eigenvalue weighted by atomic mass is 10.3. The van der Waals surface area contributed by atoms with Gasteiger partial charge in [0, 0.05) is 11.8 Å². The minimum absolute atomic E-state index is 0.101. The molecular weight excluding hydrogens is 340 g/mol. The number of nitrogens with two attached hydrogens (primary N) is 1. The maximum Gasteiger partial charge on any atom is 0.275 e. The molecule has 8 heteroatoms. The zero-order valence-electron chi connectivity index (χ0n) is 13.2. The normalized spacial score (nSPS) is 10.6. The van der Waals surface area contributed by atoms with Crippen molar-refractivity contribution in [2.24, 2.45) is 0 Å². The number of amides is 1. The van der Waals surface area contributed by atoms with Crippen LogP contribution in [0.5, 0.6) is 0 Å². The smallest absolute Gasteiger partial charge is 0.275 e. The standard InChI is InChI=1S/C17H16N4O3S/c18-14-9-15(22)20-17(21(14)12-5-2-1-3-6-12)25-11-16(23)19-10-13-7-4-8-24-13/h1-9H,10-11,18H2,(H,19,23). The summed E-state index contributed by atoms with van der Waals surface area (Å²) in [6.45, 7) is 0.308. The number of hydrogen-bond donors (Lipinski definition) is 2. The fourth-order valence-electron chi connectivity index (χ4n) is 2.19. The first-order chi connectivity index (χ1) is 12.1. The zero-order chi connectivity index (χ0) is 17.6. The molecule has 3 N–H and O–H groups in total. The van der Waals surface area contributed by atoms with Crippen molar-refractivity contribution in [2.45, 2.75) is 11.7 Å². The number of nitrogen functional groups attached to an aromatic ring is 1. The summed E-state index contributed by atoms with van der Waals surface area (Å²) in [5, 5.41) is 3.11. The molecule has 3 rings (SSSR count). The van der Waals surface area contributed by atoms with Crippen molar-refractivity contribution in [3.05, 3.63) is 70.9 Å². The van der Waals surface area contributed by atoms with E-state index in [1.807, 2.05) is 30.3 Å². The van der Waals surface area contributed by atoms with Gasteiger partial charge in [0.1, 0.15) is 11.6 Å². The molecule has 1 aromatic carbocycles. The number of aromatic nitrogens is 2. The van der Waals surface area contributed by atoms with Gasteiger partial charge in [0.05, 0.1) is 18.6 Å². The summed E-state index contributed by atoms with van der Waals surface area (Å²) >= 11 is 1.14. The lowest BCUT2D eigenvalue weighted by molar-refractivity contribution is -0.118. The second-order valence-corrected chi connectivity index (χ2v) is 6.06. The fourth-order valence-corrected chi connectivity index (χ4v) is 3.05. The predicted octanol–water partition coefficient (Wildman–Crippen LogP) is 1.82. The summed E-state index contributed by atoms with van der Waals surface area (Å²) in [4.78, 5) is 27.7. The van der Waals surface area contributed by atoms with Crippen LogP contribution in [0.1, 0.15) is 5.76 Å². The van der Waals surface area contributed by atoms with E-state index in [4.69, 9.17) is 10.2 Å². The highest BCUT2D eigenvalue weighted by molar-refractivity contribution is 7.99. The Labute approximate surface area is 147 Å². The summed E-state index contributed by atoms with van der Waals surface area (Å²) < 4.78 is 6.80. The van der Waals surface area contributed by atoms with Crippen LogP contribution in [-0.4, -0.2) is 21.2 Å². The van der Waals surface area contributed by atoms with Gasteiger partial charge in [-0.2, -0.15) is 4.98 Å². The molecule has 128 valence electrons. The first-order valence-corrected chi connectivity index (χ1v) is 8.49. The molecule has 0 aliphatic rings. The van der Waals surface area contributed by atoms with E-state index in [1.54, 1.807) is 23.0 Å². The van der Waals surface area contributed by atoms with Crippen LogP contribution in [0.4, 0.5) is 5.82 Å². The van der Waals surface area contributed by atoms with Gasteiger partial charge in [-0.25, -0.2) is 0 Å². The molecule has 0 saturated heterocycles. The molecule has 1 amide bonds.